The highest BCUT2D eigenvalue weighted by atomic mass is 32.1. The summed E-state index contributed by atoms with van der Waals surface area (Å²) in [5, 5.41) is 7.63. The van der Waals surface area contributed by atoms with Gasteiger partial charge >= 0.3 is 12.0 Å². The predicted octanol–water partition coefficient (Wildman–Crippen LogP) is 3.74. The minimum absolute atomic E-state index is 0.107. The van der Waals surface area contributed by atoms with Crippen molar-refractivity contribution in [2.45, 2.75) is 52.5 Å². The van der Waals surface area contributed by atoms with Crippen LogP contribution in [0.4, 0.5) is 9.93 Å². The van der Waals surface area contributed by atoms with E-state index in [1.807, 2.05) is 36.6 Å². The van der Waals surface area contributed by atoms with E-state index in [1.165, 1.54) is 11.3 Å². The van der Waals surface area contributed by atoms with Crippen molar-refractivity contribution in [3.05, 3.63) is 35.2 Å². The van der Waals surface area contributed by atoms with E-state index in [9.17, 15) is 19.2 Å². The van der Waals surface area contributed by atoms with Crippen LogP contribution in [0.15, 0.2) is 29.6 Å². The van der Waals surface area contributed by atoms with Crippen molar-refractivity contribution in [2.75, 3.05) is 18.5 Å². The second-order valence-electron chi connectivity index (χ2n) is 10.4. The van der Waals surface area contributed by atoms with Crippen molar-refractivity contribution in [2.24, 2.45) is 11.3 Å². The van der Waals surface area contributed by atoms with Crippen LogP contribution in [0.3, 0.4) is 0 Å². The standard InChI is InChI=1S/C25H30N4O5S/c1-15-5-7-17(8-6-15)18-13-35-22(26-18)27-19(30)12-34-20(31)11-29-21(32)25(28-23(29)33)10-16(2)9-24(3,4)14-25/h5-8,13,16H,9-12,14H2,1-4H3,(H,28,33)(H,26,27,30). The summed E-state index contributed by atoms with van der Waals surface area (Å²) in [7, 11) is 0. The molecular weight excluding hydrogens is 468 g/mol. The van der Waals surface area contributed by atoms with Crippen LogP contribution in [0.1, 0.15) is 45.6 Å². The zero-order chi connectivity index (χ0) is 25.4. The maximum Gasteiger partial charge on any atom is 0.326 e. The van der Waals surface area contributed by atoms with Gasteiger partial charge < -0.3 is 10.1 Å². The molecule has 1 aromatic heterocycles. The summed E-state index contributed by atoms with van der Waals surface area (Å²) in [6.07, 6.45) is 2.01. The maximum absolute atomic E-state index is 13.1. The topological polar surface area (TPSA) is 118 Å². The van der Waals surface area contributed by atoms with Gasteiger partial charge in [0.1, 0.15) is 12.1 Å². The normalized spacial score (nSPS) is 23.3. The van der Waals surface area contributed by atoms with E-state index < -0.39 is 42.5 Å². The van der Waals surface area contributed by atoms with Crippen LogP contribution < -0.4 is 10.6 Å². The van der Waals surface area contributed by atoms with Gasteiger partial charge in [-0.25, -0.2) is 9.78 Å². The number of ether oxygens (including phenoxy) is 1. The molecule has 10 heteroatoms. The van der Waals surface area contributed by atoms with Crippen molar-refractivity contribution in [3.8, 4) is 11.3 Å². The highest BCUT2D eigenvalue weighted by Gasteiger charge is 2.56. The number of hydrogen-bond acceptors (Lipinski definition) is 7. The summed E-state index contributed by atoms with van der Waals surface area (Å²) < 4.78 is 5.03. The van der Waals surface area contributed by atoms with Gasteiger partial charge in [-0.15, -0.1) is 11.3 Å². The summed E-state index contributed by atoms with van der Waals surface area (Å²) >= 11 is 1.26. The molecule has 4 rings (SSSR count). The maximum atomic E-state index is 13.1. The number of hydrogen-bond donors (Lipinski definition) is 2. The van der Waals surface area contributed by atoms with Crippen molar-refractivity contribution < 1.29 is 23.9 Å². The van der Waals surface area contributed by atoms with Gasteiger partial charge in [0.15, 0.2) is 11.7 Å². The number of nitrogens with one attached hydrogen (secondary N) is 2. The van der Waals surface area contributed by atoms with Crippen LogP contribution in [0.5, 0.6) is 0 Å². The van der Waals surface area contributed by atoms with Gasteiger partial charge in [0, 0.05) is 10.9 Å². The Morgan fingerprint density at radius 3 is 2.63 bits per heavy atom. The van der Waals surface area contributed by atoms with E-state index in [-0.39, 0.29) is 11.3 Å². The SMILES string of the molecule is Cc1ccc(-c2csc(NC(=O)COC(=O)CN3C(=O)NC4(CC(C)CC(C)(C)C4)C3=O)n2)cc1. The molecule has 2 atom stereocenters. The summed E-state index contributed by atoms with van der Waals surface area (Å²) in [5.74, 6) is -1.53. The number of nitrogens with zero attached hydrogens (tertiary/aromatic N) is 2. The number of benzene rings is 1. The molecule has 35 heavy (non-hydrogen) atoms. The molecule has 1 saturated carbocycles. The van der Waals surface area contributed by atoms with Gasteiger partial charge in [-0.05, 0) is 37.5 Å². The van der Waals surface area contributed by atoms with E-state index in [4.69, 9.17) is 4.74 Å². The van der Waals surface area contributed by atoms with E-state index in [2.05, 4.69) is 36.4 Å². The Morgan fingerprint density at radius 2 is 1.94 bits per heavy atom. The summed E-state index contributed by atoms with van der Waals surface area (Å²) in [4.78, 5) is 55.5. The lowest BCUT2D eigenvalue weighted by Crippen LogP contribution is -2.54. The van der Waals surface area contributed by atoms with Crippen LogP contribution in [-0.4, -0.2) is 52.4 Å². The van der Waals surface area contributed by atoms with Gasteiger partial charge in [0.05, 0.1) is 5.69 Å². The van der Waals surface area contributed by atoms with Gasteiger partial charge in [0.2, 0.25) is 0 Å². The molecule has 0 bridgehead atoms. The number of anilines is 1. The van der Waals surface area contributed by atoms with E-state index in [0.29, 0.717) is 18.0 Å². The third-order valence-corrected chi connectivity index (χ3v) is 7.13. The fourth-order valence-corrected chi connectivity index (χ4v) is 6.05. The zero-order valence-corrected chi connectivity index (χ0v) is 21.2. The van der Waals surface area contributed by atoms with Gasteiger partial charge in [-0.1, -0.05) is 50.6 Å². The molecule has 1 saturated heterocycles. The zero-order valence-electron chi connectivity index (χ0n) is 20.3. The fourth-order valence-electron chi connectivity index (χ4n) is 5.31. The lowest BCUT2D eigenvalue weighted by molar-refractivity contribution is -0.150. The van der Waals surface area contributed by atoms with Crippen molar-refractivity contribution >= 4 is 40.3 Å². The first kappa shape index (κ1) is 24.8. The summed E-state index contributed by atoms with van der Waals surface area (Å²) in [5.41, 5.74) is 1.70. The molecule has 2 unspecified atom stereocenters. The van der Waals surface area contributed by atoms with Crippen molar-refractivity contribution in [1.29, 1.82) is 0 Å². The highest BCUT2D eigenvalue weighted by molar-refractivity contribution is 7.14. The largest absolute Gasteiger partial charge is 0.454 e. The average Bonchev–Trinajstić information content (AvgIpc) is 3.30. The van der Waals surface area contributed by atoms with Crippen LogP contribution >= 0.6 is 11.3 Å². The molecule has 2 fully saturated rings. The fraction of sp³-hybridized carbons (Fsp3) is 0.480. The molecule has 1 spiro atoms. The molecule has 2 aromatic rings. The second kappa shape index (κ2) is 9.41. The van der Waals surface area contributed by atoms with E-state index in [0.717, 1.165) is 28.1 Å². The average molecular weight is 499 g/mol. The minimum Gasteiger partial charge on any atom is -0.454 e. The molecule has 1 aliphatic heterocycles. The van der Waals surface area contributed by atoms with Crippen LogP contribution in [-0.2, 0) is 19.1 Å². The van der Waals surface area contributed by atoms with Crippen molar-refractivity contribution in [1.82, 2.24) is 15.2 Å². The highest BCUT2D eigenvalue weighted by Crippen LogP contribution is 2.46. The number of carbonyl (C=O) groups excluding carboxylic acids is 4. The molecule has 1 aromatic carbocycles. The summed E-state index contributed by atoms with van der Waals surface area (Å²) in [6, 6.07) is 7.26. The third kappa shape index (κ3) is 5.53. The quantitative estimate of drug-likeness (QED) is 0.463. The molecule has 186 valence electrons. The number of imide groups is 1. The third-order valence-electron chi connectivity index (χ3n) is 6.37. The summed E-state index contributed by atoms with van der Waals surface area (Å²) in [6.45, 7) is 7.13. The Kier molecular flexibility index (Phi) is 6.68. The molecular formula is C25H30N4O5S. The Balaban J connectivity index is 1.29. The Hall–Kier alpha value is -3.27. The molecule has 2 aliphatic rings. The van der Waals surface area contributed by atoms with Gasteiger partial charge in [0.25, 0.3) is 11.8 Å². The number of thiazole rings is 1. The van der Waals surface area contributed by atoms with E-state index >= 15 is 0 Å². The number of rotatable bonds is 6. The van der Waals surface area contributed by atoms with Crippen LogP contribution in [0.25, 0.3) is 11.3 Å². The number of aromatic nitrogens is 1. The number of aryl methyl sites for hydroxylation is 1. The molecule has 1 aliphatic carbocycles. The molecule has 2 N–H and O–H groups in total. The molecule has 9 nitrogen and oxygen atoms in total. The Bertz CT molecular complexity index is 1160. The lowest BCUT2D eigenvalue weighted by Gasteiger charge is -2.43. The minimum atomic E-state index is -0.990. The molecule has 2 heterocycles. The molecule has 4 amide bonds. The predicted molar refractivity (Wildman–Crippen MR) is 132 cm³/mol. The monoisotopic (exact) mass is 498 g/mol. The number of amides is 4. The van der Waals surface area contributed by atoms with Gasteiger partial charge in [-0.3, -0.25) is 24.6 Å². The van der Waals surface area contributed by atoms with Gasteiger partial charge in [-0.2, -0.15) is 0 Å². The first-order valence-corrected chi connectivity index (χ1v) is 12.5. The second-order valence-corrected chi connectivity index (χ2v) is 11.2. The first-order valence-electron chi connectivity index (χ1n) is 11.6. The van der Waals surface area contributed by atoms with Crippen molar-refractivity contribution in [3.63, 3.8) is 0 Å². The first-order chi connectivity index (χ1) is 16.5. The molecule has 0 radical (unpaired) electrons. The Morgan fingerprint density at radius 1 is 1.23 bits per heavy atom. The number of urea groups is 1. The van der Waals surface area contributed by atoms with E-state index in [1.54, 1.807) is 0 Å². The number of esters is 1. The van der Waals surface area contributed by atoms with Crippen LogP contribution in [0.2, 0.25) is 0 Å². The van der Waals surface area contributed by atoms with Crippen LogP contribution in [0, 0.1) is 18.3 Å². The smallest absolute Gasteiger partial charge is 0.326 e. The number of carbonyl (C=O) groups is 4. The lowest BCUT2D eigenvalue weighted by atomic mass is 9.64. The Labute approximate surface area is 208 Å².